The van der Waals surface area contributed by atoms with Crippen LogP contribution < -0.4 is 0 Å². The van der Waals surface area contributed by atoms with Gasteiger partial charge in [0.2, 0.25) is 0 Å². The first-order chi connectivity index (χ1) is 8.97. The first-order valence-electron chi connectivity index (χ1n) is 8.31. The molecule has 2 atom stereocenters. The van der Waals surface area contributed by atoms with Gasteiger partial charge in [-0.1, -0.05) is 52.9 Å². The molecule has 0 amide bonds. The molecule has 2 nitrogen and oxygen atoms in total. The fourth-order valence-electron chi connectivity index (χ4n) is 2.55. The zero-order valence-corrected chi connectivity index (χ0v) is 18.2. The molecule has 2 N–H and O–H groups in total. The molecule has 0 aliphatic heterocycles. The average molecular weight is 436 g/mol. The second-order valence-electron chi connectivity index (χ2n) is 6.08. The third-order valence-corrected chi connectivity index (χ3v) is 6.98. The number of hydrogen-bond acceptors (Lipinski definition) is 2. The topological polar surface area (TPSA) is 40.5 Å². The first kappa shape index (κ1) is 24.0. The molecule has 0 heterocycles. The van der Waals surface area contributed by atoms with E-state index in [1.165, 1.54) is 32.1 Å². The Morgan fingerprint density at radius 3 is 1.95 bits per heavy atom. The minimum Gasteiger partial charge on any atom is -0.220 e. The van der Waals surface area contributed by atoms with Crippen LogP contribution in [-0.4, -0.2) is 21.6 Å². The van der Waals surface area contributed by atoms with E-state index in [0.717, 1.165) is 25.7 Å². The van der Waals surface area contributed by atoms with Gasteiger partial charge in [0.25, 0.3) is 7.72 Å². The summed E-state index contributed by atoms with van der Waals surface area (Å²) in [5.74, 6) is 0.501. The molecule has 0 bridgehead atoms. The second kappa shape index (κ2) is 14.3. The van der Waals surface area contributed by atoms with Gasteiger partial charge in [-0.05, 0) is 38.5 Å². The molecule has 0 aromatic heterocycles. The summed E-state index contributed by atoms with van der Waals surface area (Å²) in [6.07, 6.45) is 11.1. The van der Waals surface area contributed by atoms with Crippen molar-refractivity contribution in [3.63, 3.8) is 0 Å². The van der Waals surface area contributed by atoms with E-state index in [0.29, 0.717) is 12.1 Å². The summed E-state index contributed by atoms with van der Waals surface area (Å²) in [6, 6.07) is 0. The van der Waals surface area contributed by atoms with Crippen LogP contribution in [0.1, 0.15) is 85.5 Å². The van der Waals surface area contributed by atoms with Gasteiger partial charge < -0.3 is 0 Å². The molecule has 0 fully saturated rings. The molecule has 0 aliphatic carbocycles. The van der Waals surface area contributed by atoms with Crippen molar-refractivity contribution in [1.29, 1.82) is 0 Å². The van der Waals surface area contributed by atoms with Gasteiger partial charge in [-0.15, -0.1) is 0 Å². The molecule has 20 heavy (non-hydrogen) atoms. The standard InChI is InChI=1S/C16H36O2P.Nd/c1-5-8-10-11-12-15(4)19(17,18)14-16(7-3)13-9-6-2;/h15-18H,5-14H2,1-4H3;/q+1;. The molecular formula is C16H36NdO2P+. The molecule has 0 aliphatic rings. The van der Waals surface area contributed by atoms with Crippen molar-refractivity contribution < 1.29 is 50.6 Å². The first-order valence-corrected chi connectivity index (χ1v) is 10.3. The molecular weight excluding hydrogens is 399 g/mol. The van der Waals surface area contributed by atoms with E-state index >= 15 is 0 Å². The SMILES string of the molecule is CCCCCCC(C)[P+](O)(O)CC(CC)CCCC.[Nd]. The van der Waals surface area contributed by atoms with Crippen LogP contribution in [0.15, 0.2) is 0 Å². The third kappa shape index (κ3) is 11.3. The normalized spacial score (nSPS) is 14.7. The van der Waals surface area contributed by atoms with Crippen LogP contribution in [0.3, 0.4) is 0 Å². The third-order valence-electron chi connectivity index (χ3n) is 4.25. The number of unbranched alkanes of at least 4 members (excludes halogenated alkanes) is 4. The smallest absolute Gasteiger partial charge is 0.220 e. The molecule has 120 valence electrons. The van der Waals surface area contributed by atoms with Crippen LogP contribution in [0.2, 0.25) is 0 Å². The second-order valence-corrected chi connectivity index (χ2v) is 8.90. The Kier molecular flexibility index (Phi) is 17.1. The van der Waals surface area contributed by atoms with E-state index in [1.54, 1.807) is 0 Å². The van der Waals surface area contributed by atoms with Crippen molar-refractivity contribution in [3.8, 4) is 0 Å². The van der Waals surface area contributed by atoms with Gasteiger partial charge in [-0.3, -0.25) is 0 Å². The molecule has 0 saturated carbocycles. The van der Waals surface area contributed by atoms with E-state index in [9.17, 15) is 9.79 Å². The molecule has 4 heteroatoms. The van der Waals surface area contributed by atoms with Gasteiger partial charge in [0.15, 0.2) is 0 Å². The van der Waals surface area contributed by atoms with E-state index in [2.05, 4.69) is 20.8 Å². The van der Waals surface area contributed by atoms with Crippen LogP contribution in [0.4, 0.5) is 0 Å². The van der Waals surface area contributed by atoms with Crippen molar-refractivity contribution in [1.82, 2.24) is 0 Å². The van der Waals surface area contributed by atoms with E-state index in [-0.39, 0.29) is 46.5 Å². The molecule has 0 aromatic carbocycles. The molecule has 0 rings (SSSR count). The van der Waals surface area contributed by atoms with Crippen LogP contribution in [-0.2, 0) is 0 Å². The van der Waals surface area contributed by atoms with Crippen LogP contribution in [0, 0.1) is 46.8 Å². The molecule has 2 unspecified atom stereocenters. The largest absolute Gasteiger partial charge is 0.270 e. The van der Waals surface area contributed by atoms with Crippen molar-refractivity contribution in [2.45, 2.75) is 91.1 Å². The summed E-state index contributed by atoms with van der Waals surface area (Å²) in [6.45, 7) is 8.61. The van der Waals surface area contributed by atoms with Crippen LogP contribution in [0.25, 0.3) is 0 Å². The quantitative estimate of drug-likeness (QED) is 0.318. The minimum atomic E-state index is -2.70. The van der Waals surface area contributed by atoms with Crippen LogP contribution >= 0.6 is 7.72 Å². The summed E-state index contributed by atoms with van der Waals surface area (Å²) >= 11 is 0. The fraction of sp³-hybridized carbons (Fsp3) is 1.00. The van der Waals surface area contributed by atoms with Gasteiger partial charge in [0.05, 0.1) is 0 Å². The van der Waals surface area contributed by atoms with Gasteiger partial charge in [0, 0.05) is 40.8 Å². The molecule has 0 spiro atoms. The fourth-order valence-corrected chi connectivity index (χ4v) is 4.71. The summed E-state index contributed by atoms with van der Waals surface area (Å²) < 4.78 is 0. The van der Waals surface area contributed by atoms with Crippen molar-refractivity contribution >= 4 is 7.72 Å². The summed E-state index contributed by atoms with van der Waals surface area (Å²) in [5.41, 5.74) is 0.0973. The van der Waals surface area contributed by atoms with Crippen molar-refractivity contribution in [2.75, 3.05) is 6.16 Å². The van der Waals surface area contributed by atoms with Crippen LogP contribution in [0.5, 0.6) is 0 Å². The number of hydrogen-bond donors (Lipinski definition) is 2. The number of rotatable bonds is 12. The molecule has 0 radical (unpaired) electrons. The Hall–Kier alpha value is 1.70. The summed E-state index contributed by atoms with van der Waals surface area (Å²) in [4.78, 5) is 20.8. The zero-order valence-electron chi connectivity index (χ0n) is 14.1. The predicted molar refractivity (Wildman–Crippen MR) is 87.8 cm³/mol. The van der Waals surface area contributed by atoms with Gasteiger partial charge in [-0.25, -0.2) is 9.79 Å². The Morgan fingerprint density at radius 1 is 0.850 bits per heavy atom. The Labute approximate surface area is 160 Å². The molecule has 0 saturated heterocycles. The maximum atomic E-state index is 10.4. The van der Waals surface area contributed by atoms with Gasteiger partial charge >= 0.3 is 0 Å². The zero-order chi connectivity index (χ0) is 14.7. The van der Waals surface area contributed by atoms with Gasteiger partial charge in [0.1, 0.15) is 11.8 Å². The summed E-state index contributed by atoms with van der Waals surface area (Å²) in [7, 11) is -2.70. The maximum Gasteiger partial charge on any atom is 0.270 e. The van der Waals surface area contributed by atoms with E-state index in [1.807, 2.05) is 6.92 Å². The monoisotopic (exact) mass is 433 g/mol. The summed E-state index contributed by atoms with van der Waals surface area (Å²) in [5, 5.41) is 0. The Morgan fingerprint density at radius 2 is 1.45 bits per heavy atom. The van der Waals surface area contributed by atoms with Crippen molar-refractivity contribution in [3.05, 3.63) is 0 Å². The predicted octanol–water partition coefficient (Wildman–Crippen LogP) is 5.39. The average Bonchev–Trinajstić information content (AvgIpc) is 2.39. The minimum absolute atomic E-state index is 0. The van der Waals surface area contributed by atoms with Gasteiger partial charge in [-0.2, -0.15) is 0 Å². The van der Waals surface area contributed by atoms with E-state index in [4.69, 9.17) is 0 Å². The maximum absolute atomic E-state index is 10.4. The Bertz CT molecular complexity index is 213. The van der Waals surface area contributed by atoms with E-state index < -0.39 is 7.72 Å². The molecule has 0 aromatic rings. The van der Waals surface area contributed by atoms with Crippen molar-refractivity contribution in [2.24, 2.45) is 5.92 Å². The Balaban J connectivity index is 0.